The smallest absolute Gasteiger partial charge is 0.171 e. The van der Waals surface area contributed by atoms with Crippen LogP contribution in [0.5, 0.6) is 5.75 Å². The standard InChI is InChI=1S/C14H19N5O/c1-10-16-18-19(17-10)12(7-8-15-2)14-9-11-5-3-4-6-13(11)20-14/h3-6,12,14-15H,7-9H2,1-2H3. The predicted octanol–water partition coefficient (Wildman–Crippen LogP) is 1.14. The Morgan fingerprint density at radius 2 is 2.30 bits per heavy atom. The molecule has 0 bridgehead atoms. The van der Waals surface area contributed by atoms with Gasteiger partial charge in [-0.05, 0) is 43.8 Å². The van der Waals surface area contributed by atoms with Gasteiger partial charge in [0.1, 0.15) is 17.9 Å². The molecule has 1 aromatic carbocycles. The van der Waals surface area contributed by atoms with E-state index in [9.17, 15) is 0 Å². The summed E-state index contributed by atoms with van der Waals surface area (Å²) < 4.78 is 6.07. The van der Waals surface area contributed by atoms with Crippen LogP contribution in [0.15, 0.2) is 24.3 Å². The molecule has 1 aromatic heterocycles. The minimum Gasteiger partial charge on any atom is -0.487 e. The van der Waals surface area contributed by atoms with Crippen molar-refractivity contribution in [3.8, 4) is 5.75 Å². The number of tetrazole rings is 1. The fourth-order valence-electron chi connectivity index (χ4n) is 2.61. The van der Waals surface area contributed by atoms with E-state index < -0.39 is 0 Å². The lowest BCUT2D eigenvalue weighted by Gasteiger charge is -2.21. The summed E-state index contributed by atoms with van der Waals surface area (Å²) in [5.41, 5.74) is 1.25. The van der Waals surface area contributed by atoms with Gasteiger partial charge < -0.3 is 10.1 Å². The van der Waals surface area contributed by atoms with Crippen LogP contribution in [0.4, 0.5) is 0 Å². The number of hydrogen-bond donors (Lipinski definition) is 1. The number of rotatable bonds is 5. The Bertz CT molecular complexity index is 557. The Hall–Kier alpha value is -1.95. The van der Waals surface area contributed by atoms with Crippen molar-refractivity contribution in [2.75, 3.05) is 13.6 Å². The summed E-state index contributed by atoms with van der Waals surface area (Å²) in [5, 5.41) is 15.6. The molecule has 0 radical (unpaired) electrons. The lowest BCUT2D eigenvalue weighted by Crippen LogP contribution is -2.32. The van der Waals surface area contributed by atoms with Gasteiger partial charge in [-0.1, -0.05) is 18.2 Å². The molecule has 0 saturated carbocycles. The number of ether oxygens (including phenoxy) is 1. The molecule has 20 heavy (non-hydrogen) atoms. The fourth-order valence-corrected chi connectivity index (χ4v) is 2.61. The molecule has 0 fully saturated rings. The van der Waals surface area contributed by atoms with Crippen LogP contribution in [0.2, 0.25) is 0 Å². The van der Waals surface area contributed by atoms with Crippen molar-refractivity contribution in [2.45, 2.75) is 31.9 Å². The summed E-state index contributed by atoms with van der Waals surface area (Å²) >= 11 is 0. The van der Waals surface area contributed by atoms with Crippen LogP contribution in [0, 0.1) is 6.92 Å². The normalized spacial score (nSPS) is 18.6. The summed E-state index contributed by atoms with van der Waals surface area (Å²) in [6.45, 7) is 2.74. The highest BCUT2D eigenvalue weighted by Crippen LogP contribution is 2.33. The van der Waals surface area contributed by atoms with E-state index >= 15 is 0 Å². The first-order valence-electron chi connectivity index (χ1n) is 6.93. The van der Waals surface area contributed by atoms with E-state index in [1.807, 2.05) is 32.2 Å². The number of para-hydroxylation sites is 1. The Balaban J connectivity index is 1.81. The maximum atomic E-state index is 6.07. The highest BCUT2D eigenvalue weighted by atomic mass is 16.5. The molecule has 0 amide bonds. The van der Waals surface area contributed by atoms with Crippen molar-refractivity contribution in [1.29, 1.82) is 0 Å². The summed E-state index contributed by atoms with van der Waals surface area (Å²) in [6, 6.07) is 8.28. The van der Waals surface area contributed by atoms with Crippen molar-refractivity contribution in [3.05, 3.63) is 35.7 Å². The lowest BCUT2D eigenvalue weighted by molar-refractivity contribution is 0.136. The van der Waals surface area contributed by atoms with Crippen molar-refractivity contribution in [2.24, 2.45) is 0 Å². The molecule has 2 unspecified atom stereocenters. The molecule has 2 aromatic rings. The Morgan fingerprint density at radius 3 is 3.00 bits per heavy atom. The second-order valence-electron chi connectivity index (χ2n) is 5.08. The quantitative estimate of drug-likeness (QED) is 0.885. The van der Waals surface area contributed by atoms with Crippen LogP contribution in [0.3, 0.4) is 0 Å². The van der Waals surface area contributed by atoms with Crippen molar-refractivity contribution in [1.82, 2.24) is 25.5 Å². The molecule has 0 saturated heterocycles. The minimum absolute atomic E-state index is 0.0642. The van der Waals surface area contributed by atoms with Crippen LogP contribution in [0.25, 0.3) is 0 Å². The number of hydrogen-bond acceptors (Lipinski definition) is 5. The van der Waals surface area contributed by atoms with Crippen LogP contribution in [-0.2, 0) is 6.42 Å². The Labute approximate surface area is 118 Å². The highest BCUT2D eigenvalue weighted by molar-refractivity contribution is 5.37. The molecule has 0 aliphatic carbocycles. The molecule has 1 N–H and O–H groups in total. The zero-order valence-corrected chi connectivity index (χ0v) is 11.8. The van der Waals surface area contributed by atoms with E-state index in [2.05, 4.69) is 26.8 Å². The van der Waals surface area contributed by atoms with Gasteiger partial charge in [0.05, 0.1) is 0 Å². The molecule has 6 nitrogen and oxygen atoms in total. The van der Waals surface area contributed by atoms with Gasteiger partial charge in [0.2, 0.25) is 0 Å². The van der Waals surface area contributed by atoms with Crippen molar-refractivity contribution < 1.29 is 4.74 Å². The molecule has 2 atom stereocenters. The zero-order chi connectivity index (χ0) is 13.9. The maximum Gasteiger partial charge on any atom is 0.171 e. The average Bonchev–Trinajstić information content (AvgIpc) is 3.05. The number of aryl methyl sites for hydroxylation is 1. The van der Waals surface area contributed by atoms with Gasteiger partial charge in [0.15, 0.2) is 5.82 Å². The minimum atomic E-state index is 0.0642. The average molecular weight is 273 g/mol. The fraction of sp³-hybridized carbons (Fsp3) is 0.500. The van der Waals surface area contributed by atoms with Gasteiger partial charge in [0.25, 0.3) is 0 Å². The first-order valence-corrected chi connectivity index (χ1v) is 6.93. The predicted molar refractivity (Wildman–Crippen MR) is 74.7 cm³/mol. The molecule has 0 spiro atoms. The lowest BCUT2D eigenvalue weighted by atomic mass is 10.0. The third-order valence-corrected chi connectivity index (χ3v) is 3.62. The van der Waals surface area contributed by atoms with Crippen molar-refractivity contribution in [3.63, 3.8) is 0 Å². The largest absolute Gasteiger partial charge is 0.487 e. The Kier molecular flexibility index (Phi) is 3.64. The van der Waals surface area contributed by atoms with E-state index in [0.29, 0.717) is 5.82 Å². The summed E-state index contributed by atoms with van der Waals surface area (Å²) in [4.78, 5) is 1.70. The van der Waals surface area contributed by atoms with Crippen molar-refractivity contribution >= 4 is 0 Å². The molecular formula is C14H19N5O. The van der Waals surface area contributed by atoms with Gasteiger partial charge in [0, 0.05) is 6.42 Å². The molecule has 106 valence electrons. The third kappa shape index (κ3) is 2.51. The molecule has 1 aliphatic rings. The summed E-state index contributed by atoms with van der Waals surface area (Å²) in [7, 11) is 1.95. The first kappa shape index (κ1) is 13.1. The third-order valence-electron chi connectivity index (χ3n) is 3.62. The summed E-state index contributed by atoms with van der Waals surface area (Å²) in [6.07, 6.45) is 1.87. The van der Waals surface area contributed by atoms with Gasteiger partial charge in [-0.15, -0.1) is 10.2 Å². The molecule has 3 rings (SSSR count). The maximum absolute atomic E-state index is 6.07. The second-order valence-corrected chi connectivity index (χ2v) is 5.08. The van der Waals surface area contributed by atoms with Gasteiger partial charge in [-0.3, -0.25) is 0 Å². The van der Waals surface area contributed by atoms with Gasteiger partial charge >= 0.3 is 0 Å². The number of aromatic nitrogens is 4. The molecular weight excluding hydrogens is 254 g/mol. The monoisotopic (exact) mass is 273 g/mol. The van der Waals surface area contributed by atoms with Crippen LogP contribution < -0.4 is 10.1 Å². The van der Waals surface area contributed by atoms with Gasteiger partial charge in [-0.2, -0.15) is 4.80 Å². The number of fused-ring (bicyclic) bond motifs is 1. The van der Waals surface area contributed by atoms with E-state index in [4.69, 9.17) is 4.74 Å². The Morgan fingerprint density at radius 1 is 1.45 bits per heavy atom. The van der Waals surface area contributed by atoms with Crippen LogP contribution in [0.1, 0.15) is 23.9 Å². The van der Waals surface area contributed by atoms with Gasteiger partial charge in [-0.25, -0.2) is 0 Å². The zero-order valence-electron chi connectivity index (χ0n) is 11.8. The number of nitrogens with one attached hydrogen (secondary N) is 1. The summed E-state index contributed by atoms with van der Waals surface area (Å²) in [5.74, 6) is 1.67. The molecule has 6 heteroatoms. The molecule has 2 heterocycles. The first-order chi connectivity index (χ1) is 9.78. The molecule has 1 aliphatic heterocycles. The van der Waals surface area contributed by atoms with E-state index in [0.717, 1.165) is 25.1 Å². The topological polar surface area (TPSA) is 64.9 Å². The highest BCUT2D eigenvalue weighted by Gasteiger charge is 2.32. The van der Waals surface area contributed by atoms with Crippen LogP contribution >= 0.6 is 0 Å². The number of nitrogens with zero attached hydrogens (tertiary/aromatic N) is 4. The SMILES string of the molecule is CNCCC(C1Cc2ccccc2O1)n1nnc(C)n1. The van der Waals surface area contributed by atoms with Crippen LogP contribution in [-0.4, -0.2) is 39.9 Å². The second kappa shape index (κ2) is 5.58. The van der Waals surface area contributed by atoms with E-state index in [-0.39, 0.29) is 12.1 Å². The number of benzene rings is 1. The van der Waals surface area contributed by atoms with E-state index in [1.54, 1.807) is 4.80 Å². The van der Waals surface area contributed by atoms with E-state index in [1.165, 1.54) is 5.56 Å².